The van der Waals surface area contributed by atoms with Crippen molar-refractivity contribution in [1.82, 2.24) is 0 Å². The van der Waals surface area contributed by atoms with E-state index in [1.54, 1.807) is 11.8 Å². The fraction of sp³-hybridized carbons (Fsp3) is 0.778. The Balaban J connectivity index is 2.63. The summed E-state index contributed by atoms with van der Waals surface area (Å²) in [6.45, 7) is 0. The Labute approximate surface area is 86.7 Å². The minimum absolute atomic E-state index is 0.0163. The number of rotatable bonds is 3. The Morgan fingerprint density at radius 3 is 2.43 bits per heavy atom. The van der Waals surface area contributed by atoms with Gasteiger partial charge in [-0.3, -0.25) is 9.59 Å². The molecule has 0 aromatic rings. The molecule has 4 nitrogen and oxygen atoms in total. The van der Waals surface area contributed by atoms with Crippen molar-refractivity contribution in [2.75, 3.05) is 11.5 Å². The van der Waals surface area contributed by atoms with Gasteiger partial charge in [0.15, 0.2) is 0 Å². The maximum absolute atomic E-state index is 10.9. The first-order valence-corrected chi connectivity index (χ1v) is 5.79. The zero-order valence-corrected chi connectivity index (χ0v) is 8.63. The molecule has 0 radical (unpaired) electrons. The Morgan fingerprint density at radius 1 is 1.21 bits per heavy atom. The Hall–Kier alpha value is -0.710. The smallest absolute Gasteiger partial charge is 0.306 e. The Kier molecular flexibility index (Phi) is 4.25. The van der Waals surface area contributed by atoms with Crippen molar-refractivity contribution in [3.63, 3.8) is 0 Å². The van der Waals surface area contributed by atoms with E-state index in [1.165, 1.54) is 0 Å². The van der Waals surface area contributed by atoms with Crippen LogP contribution in [0, 0.1) is 11.8 Å². The average Bonchev–Trinajstić information content (AvgIpc) is 2.28. The highest BCUT2D eigenvalue weighted by atomic mass is 32.2. The van der Waals surface area contributed by atoms with Crippen molar-refractivity contribution >= 4 is 23.7 Å². The molecule has 14 heavy (non-hydrogen) atoms. The molecular formula is C9H14O4S. The molecule has 5 heteroatoms. The summed E-state index contributed by atoms with van der Waals surface area (Å²) in [6.07, 6.45) is 1.28. The van der Waals surface area contributed by atoms with Crippen LogP contribution < -0.4 is 0 Å². The zero-order valence-electron chi connectivity index (χ0n) is 7.81. The van der Waals surface area contributed by atoms with Gasteiger partial charge in [-0.2, -0.15) is 11.8 Å². The first-order chi connectivity index (χ1) is 6.61. The molecule has 1 aliphatic rings. The molecule has 80 valence electrons. The van der Waals surface area contributed by atoms with Crippen molar-refractivity contribution in [3.05, 3.63) is 0 Å². The lowest BCUT2D eigenvalue weighted by Gasteiger charge is -2.18. The lowest BCUT2D eigenvalue weighted by atomic mass is 9.85. The normalized spacial score (nSPS) is 28.0. The van der Waals surface area contributed by atoms with Crippen LogP contribution in [0.5, 0.6) is 0 Å². The minimum Gasteiger partial charge on any atom is -0.481 e. The van der Waals surface area contributed by atoms with Crippen LogP contribution in [0.2, 0.25) is 0 Å². The zero-order chi connectivity index (χ0) is 10.6. The number of carbonyl (C=O) groups is 2. The second kappa shape index (κ2) is 5.24. The predicted molar refractivity (Wildman–Crippen MR) is 53.4 cm³/mol. The van der Waals surface area contributed by atoms with E-state index < -0.39 is 17.9 Å². The first kappa shape index (κ1) is 11.4. The number of carboxylic acids is 2. The van der Waals surface area contributed by atoms with Gasteiger partial charge in [0, 0.05) is 6.42 Å². The van der Waals surface area contributed by atoms with Crippen LogP contribution in [0.3, 0.4) is 0 Å². The molecule has 0 spiro atoms. The first-order valence-electron chi connectivity index (χ1n) is 4.63. The van der Waals surface area contributed by atoms with Gasteiger partial charge in [-0.1, -0.05) is 0 Å². The molecule has 0 bridgehead atoms. The van der Waals surface area contributed by atoms with E-state index in [0.29, 0.717) is 12.8 Å². The molecule has 1 saturated heterocycles. The quantitative estimate of drug-likeness (QED) is 0.747. The van der Waals surface area contributed by atoms with Crippen molar-refractivity contribution in [3.8, 4) is 0 Å². The SMILES string of the molecule is O=C(O)C[C@@H]1CCSCC[C@H]1C(=O)O. The van der Waals surface area contributed by atoms with Crippen LogP contribution in [0.1, 0.15) is 19.3 Å². The third kappa shape index (κ3) is 3.21. The number of hydrogen-bond donors (Lipinski definition) is 2. The summed E-state index contributed by atoms with van der Waals surface area (Å²) < 4.78 is 0. The minimum atomic E-state index is -0.895. The molecule has 1 aliphatic heterocycles. The summed E-state index contributed by atoms with van der Waals surface area (Å²) in [5.74, 6) is -0.706. The fourth-order valence-corrected chi connectivity index (χ4v) is 2.87. The van der Waals surface area contributed by atoms with Gasteiger partial charge in [0.2, 0.25) is 0 Å². The lowest BCUT2D eigenvalue weighted by Crippen LogP contribution is -2.25. The maximum atomic E-state index is 10.9. The summed E-state index contributed by atoms with van der Waals surface area (Å²) in [4.78, 5) is 21.4. The molecule has 0 aromatic heterocycles. The van der Waals surface area contributed by atoms with Crippen molar-refractivity contribution < 1.29 is 19.8 Å². The van der Waals surface area contributed by atoms with Gasteiger partial charge in [-0.05, 0) is 30.3 Å². The molecule has 0 amide bonds. The van der Waals surface area contributed by atoms with E-state index in [0.717, 1.165) is 11.5 Å². The van der Waals surface area contributed by atoms with Crippen molar-refractivity contribution in [2.24, 2.45) is 11.8 Å². The van der Waals surface area contributed by atoms with Crippen LogP contribution in [0.15, 0.2) is 0 Å². The van der Waals surface area contributed by atoms with Gasteiger partial charge in [0.05, 0.1) is 5.92 Å². The van der Waals surface area contributed by atoms with E-state index in [-0.39, 0.29) is 12.3 Å². The van der Waals surface area contributed by atoms with Crippen LogP contribution in [-0.2, 0) is 9.59 Å². The monoisotopic (exact) mass is 218 g/mol. The predicted octanol–water partition coefficient (Wildman–Crippen LogP) is 1.31. The van der Waals surface area contributed by atoms with E-state index >= 15 is 0 Å². The Bertz CT molecular complexity index is 229. The van der Waals surface area contributed by atoms with Crippen LogP contribution >= 0.6 is 11.8 Å². The molecular weight excluding hydrogens is 204 g/mol. The largest absolute Gasteiger partial charge is 0.481 e. The summed E-state index contributed by atoms with van der Waals surface area (Å²) in [7, 11) is 0. The molecule has 0 aromatic carbocycles. The summed E-state index contributed by atoms with van der Waals surface area (Å²) >= 11 is 1.71. The maximum Gasteiger partial charge on any atom is 0.306 e. The number of carboxylic acid groups (broad SMARTS) is 2. The van der Waals surface area contributed by atoms with Crippen molar-refractivity contribution in [1.29, 1.82) is 0 Å². The summed E-state index contributed by atoms with van der Waals surface area (Å²) in [5, 5.41) is 17.6. The molecule has 2 N–H and O–H groups in total. The van der Waals surface area contributed by atoms with E-state index in [2.05, 4.69) is 0 Å². The van der Waals surface area contributed by atoms with E-state index in [4.69, 9.17) is 10.2 Å². The average molecular weight is 218 g/mol. The standard InChI is InChI=1S/C9H14O4S/c10-8(11)5-6-1-3-14-4-2-7(6)9(12)13/h6-7H,1-5H2,(H,10,11)(H,12,13)/t6-,7+/m0/s1. The van der Waals surface area contributed by atoms with Gasteiger partial charge in [0.25, 0.3) is 0 Å². The van der Waals surface area contributed by atoms with E-state index in [9.17, 15) is 9.59 Å². The fourth-order valence-electron chi connectivity index (χ4n) is 1.78. The molecule has 2 atom stereocenters. The van der Waals surface area contributed by atoms with Gasteiger partial charge >= 0.3 is 11.9 Å². The summed E-state index contributed by atoms with van der Waals surface area (Å²) in [5.41, 5.74) is 0. The highest BCUT2D eigenvalue weighted by Crippen LogP contribution is 2.30. The molecule has 1 fully saturated rings. The Morgan fingerprint density at radius 2 is 1.86 bits per heavy atom. The third-order valence-electron chi connectivity index (χ3n) is 2.53. The molecule has 0 aliphatic carbocycles. The second-order valence-corrected chi connectivity index (χ2v) is 4.72. The number of aliphatic carboxylic acids is 2. The van der Waals surface area contributed by atoms with Crippen LogP contribution in [0.25, 0.3) is 0 Å². The van der Waals surface area contributed by atoms with Gasteiger partial charge < -0.3 is 10.2 Å². The van der Waals surface area contributed by atoms with E-state index in [1.807, 2.05) is 0 Å². The second-order valence-electron chi connectivity index (χ2n) is 3.49. The van der Waals surface area contributed by atoms with Crippen molar-refractivity contribution in [2.45, 2.75) is 19.3 Å². The summed E-state index contributed by atoms with van der Waals surface area (Å²) in [6, 6.07) is 0. The molecule has 0 saturated carbocycles. The number of thioether (sulfide) groups is 1. The highest BCUT2D eigenvalue weighted by Gasteiger charge is 2.30. The van der Waals surface area contributed by atoms with Gasteiger partial charge in [0.1, 0.15) is 0 Å². The van der Waals surface area contributed by atoms with Crippen LogP contribution in [-0.4, -0.2) is 33.7 Å². The topological polar surface area (TPSA) is 74.6 Å². The highest BCUT2D eigenvalue weighted by molar-refractivity contribution is 7.99. The third-order valence-corrected chi connectivity index (χ3v) is 3.58. The molecule has 0 unspecified atom stereocenters. The molecule has 1 rings (SSSR count). The van der Waals surface area contributed by atoms with Gasteiger partial charge in [-0.25, -0.2) is 0 Å². The lowest BCUT2D eigenvalue weighted by molar-refractivity contribution is -0.145. The van der Waals surface area contributed by atoms with Gasteiger partial charge in [-0.15, -0.1) is 0 Å². The van der Waals surface area contributed by atoms with Crippen LogP contribution in [0.4, 0.5) is 0 Å². The number of hydrogen-bond acceptors (Lipinski definition) is 3. The molecule has 1 heterocycles.